The van der Waals surface area contributed by atoms with E-state index < -0.39 is 11.7 Å². The number of hydrogen-bond acceptors (Lipinski definition) is 4. The molecular weight excluding hydrogens is 381 g/mol. The summed E-state index contributed by atoms with van der Waals surface area (Å²) in [6.07, 6.45) is -4.41. The second-order valence-corrected chi connectivity index (χ2v) is 5.83. The molecule has 0 fully saturated rings. The van der Waals surface area contributed by atoms with Gasteiger partial charge in [-0.2, -0.15) is 13.2 Å². The number of rotatable bonds is 3. The van der Waals surface area contributed by atoms with Gasteiger partial charge in [0.25, 0.3) is 0 Å². The van der Waals surface area contributed by atoms with Crippen LogP contribution < -0.4 is 10.1 Å². The first kappa shape index (κ1) is 18.6. The van der Waals surface area contributed by atoms with Crippen LogP contribution in [0.25, 0.3) is 10.9 Å². The Morgan fingerprint density at radius 1 is 1.19 bits per heavy atom. The van der Waals surface area contributed by atoms with Crippen LogP contribution in [0.2, 0.25) is 0 Å². The highest BCUT2D eigenvalue weighted by atomic mass is 32.1. The zero-order valence-corrected chi connectivity index (χ0v) is 14.6. The molecule has 0 radical (unpaired) electrons. The molecular formula is C17H13F3N4O2S. The molecule has 1 aromatic heterocycles. The number of azo groups is 1. The number of ether oxygens (including phenoxy) is 1. The fourth-order valence-corrected chi connectivity index (χ4v) is 2.52. The normalized spacial score (nSPS) is 11.9. The molecule has 0 aliphatic rings. The van der Waals surface area contributed by atoms with E-state index in [9.17, 15) is 18.3 Å². The summed E-state index contributed by atoms with van der Waals surface area (Å²) in [6.45, 7) is 0. The van der Waals surface area contributed by atoms with E-state index in [0.717, 1.165) is 12.1 Å². The van der Waals surface area contributed by atoms with Crippen molar-refractivity contribution in [2.24, 2.45) is 10.2 Å². The van der Waals surface area contributed by atoms with Gasteiger partial charge in [-0.3, -0.25) is 0 Å². The number of nitrogens with one attached hydrogen (secondary N) is 2. The van der Waals surface area contributed by atoms with Crippen LogP contribution in [-0.2, 0) is 6.18 Å². The first-order valence-corrected chi connectivity index (χ1v) is 7.97. The van der Waals surface area contributed by atoms with Crippen LogP contribution in [-0.4, -0.2) is 22.3 Å². The Hall–Kier alpha value is -3.14. The molecule has 10 heteroatoms. The molecule has 27 heavy (non-hydrogen) atoms. The molecule has 0 amide bonds. The highest BCUT2D eigenvalue weighted by molar-refractivity contribution is 7.80. The maximum absolute atomic E-state index is 12.6. The number of hydrogen-bond donors (Lipinski definition) is 3. The second-order valence-electron chi connectivity index (χ2n) is 5.44. The molecule has 0 saturated carbocycles. The van der Waals surface area contributed by atoms with Gasteiger partial charge in [0.05, 0.1) is 18.2 Å². The number of benzene rings is 2. The van der Waals surface area contributed by atoms with Crippen LogP contribution in [0.3, 0.4) is 0 Å². The van der Waals surface area contributed by atoms with E-state index in [2.05, 4.69) is 20.5 Å². The van der Waals surface area contributed by atoms with Crippen LogP contribution in [0.1, 0.15) is 5.56 Å². The SMILES string of the molecule is COc1ccc2c(N=NC(=S)Nc3ccc(C(F)(F)F)cc3)c(O)[nH]c2c1. The summed E-state index contributed by atoms with van der Waals surface area (Å²) >= 11 is 5.02. The number of methoxy groups -OCH3 is 1. The average Bonchev–Trinajstić information content (AvgIpc) is 2.93. The van der Waals surface area contributed by atoms with Gasteiger partial charge in [-0.15, -0.1) is 10.2 Å². The van der Waals surface area contributed by atoms with Crippen LogP contribution in [0, 0.1) is 0 Å². The molecule has 3 aromatic rings. The van der Waals surface area contributed by atoms with E-state index in [1.807, 2.05) is 0 Å². The third-order valence-corrected chi connectivity index (χ3v) is 3.85. The van der Waals surface area contributed by atoms with Gasteiger partial charge in [0.1, 0.15) is 5.75 Å². The van der Waals surface area contributed by atoms with Gasteiger partial charge in [-0.1, -0.05) is 0 Å². The third-order valence-electron chi connectivity index (χ3n) is 3.66. The predicted octanol–water partition coefficient (Wildman–Crippen LogP) is 5.38. The Kier molecular flexibility index (Phi) is 5.00. The number of aromatic amines is 1. The first-order valence-electron chi connectivity index (χ1n) is 7.56. The van der Waals surface area contributed by atoms with Crippen molar-refractivity contribution >= 4 is 39.6 Å². The average molecular weight is 394 g/mol. The third kappa shape index (κ3) is 4.17. The van der Waals surface area contributed by atoms with E-state index in [1.54, 1.807) is 18.2 Å². The van der Waals surface area contributed by atoms with Crippen LogP contribution >= 0.6 is 12.2 Å². The molecule has 140 valence electrons. The van der Waals surface area contributed by atoms with Crippen molar-refractivity contribution in [3.8, 4) is 11.6 Å². The van der Waals surface area contributed by atoms with Gasteiger partial charge in [0, 0.05) is 17.1 Å². The van der Waals surface area contributed by atoms with E-state index in [4.69, 9.17) is 17.0 Å². The Morgan fingerprint density at radius 2 is 1.89 bits per heavy atom. The molecule has 0 spiro atoms. The molecule has 0 unspecified atom stereocenters. The van der Waals surface area contributed by atoms with Gasteiger partial charge < -0.3 is 20.1 Å². The number of anilines is 1. The smallest absolute Gasteiger partial charge is 0.416 e. The topological polar surface area (TPSA) is 82.0 Å². The predicted molar refractivity (Wildman–Crippen MR) is 98.7 cm³/mol. The summed E-state index contributed by atoms with van der Waals surface area (Å²) in [5.41, 5.74) is 0.353. The maximum atomic E-state index is 12.6. The zero-order valence-electron chi connectivity index (χ0n) is 13.8. The molecule has 0 bridgehead atoms. The Morgan fingerprint density at radius 3 is 2.52 bits per heavy atom. The number of fused-ring (bicyclic) bond motifs is 1. The monoisotopic (exact) mass is 394 g/mol. The summed E-state index contributed by atoms with van der Waals surface area (Å²) in [6, 6.07) is 9.42. The van der Waals surface area contributed by atoms with Gasteiger partial charge >= 0.3 is 6.18 Å². The highest BCUT2D eigenvalue weighted by Gasteiger charge is 2.29. The quantitative estimate of drug-likeness (QED) is 0.411. The Balaban J connectivity index is 1.75. The van der Waals surface area contributed by atoms with E-state index in [0.29, 0.717) is 22.3 Å². The second kappa shape index (κ2) is 7.23. The number of H-pyrrole nitrogens is 1. The molecule has 0 aliphatic carbocycles. The summed E-state index contributed by atoms with van der Waals surface area (Å²) < 4.78 is 42.8. The molecule has 3 N–H and O–H groups in total. The number of alkyl halides is 3. The minimum atomic E-state index is -4.41. The molecule has 2 aromatic carbocycles. The van der Waals surface area contributed by atoms with Crippen molar-refractivity contribution in [1.82, 2.24) is 4.98 Å². The lowest BCUT2D eigenvalue weighted by Crippen LogP contribution is -2.07. The van der Waals surface area contributed by atoms with Crippen LogP contribution in [0.15, 0.2) is 52.7 Å². The fraction of sp³-hybridized carbons (Fsp3) is 0.118. The van der Waals surface area contributed by atoms with Crippen molar-refractivity contribution in [3.63, 3.8) is 0 Å². The summed E-state index contributed by atoms with van der Waals surface area (Å²) in [7, 11) is 1.52. The highest BCUT2D eigenvalue weighted by Crippen LogP contribution is 2.37. The molecule has 0 atom stereocenters. The van der Waals surface area contributed by atoms with Crippen molar-refractivity contribution < 1.29 is 23.0 Å². The summed E-state index contributed by atoms with van der Waals surface area (Å²) in [4.78, 5) is 2.75. The first-order chi connectivity index (χ1) is 12.8. The summed E-state index contributed by atoms with van der Waals surface area (Å²) in [5.74, 6) is 0.408. The fourth-order valence-electron chi connectivity index (χ4n) is 2.36. The van der Waals surface area contributed by atoms with Crippen molar-refractivity contribution in [2.45, 2.75) is 6.18 Å². The lowest BCUT2D eigenvalue weighted by Gasteiger charge is -2.08. The van der Waals surface area contributed by atoms with Gasteiger partial charge in [-0.25, -0.2) is 0 Å². The minimum Gasteiger partial charge on any atom is -0.497 e. The van der Waals surface area contributed by atoms with Crippen molar-refractivity contribution in [1.29, 1.82) is 0 Å². The number of thiocarbonyl (C=S) groups is 1. The van der Waals surface area contributed by atoms with E-state index in [1.165, 1.54) is 19.2 Å². The lowest BCUT2D eigenvalue weighted by molar-refractivity contribution is -0.137. The lowest BCUT2D eigenvalue weighted by atomic mass is 10.2. The maximum Gasteiger partial charge on any atom is 0.416 e. The molecule has 3 rings (SSSR count). The molecule has 0 saturated heterocycles. The number of nitrogens with zero attached hydrogens (tertiary/aromatic N) is 2. The number of aromatic nitrogens is 1. The summed E-state index contributed by atoms with van der Waals surface area (Å²) in [5, 5.41) is 20.9. The van der Waals surface area contributed by atoms with Gasteiger partial charge in [0.2, 0.25) is 11.0 Å². The van der Waals surface area contributed by atoms with Gasteiger partial charge in [-0.05, 0) is 48.6 Å². The zero-order chi connectivity index (χ0) is 19.6. The largest absolute Gasteiger partial charge is 0.497 e. The van der Waals surface area contributed by atoms with E-state index >= 15 is 0 Å². The van der Waals surface area contributed by atoms with Crippen molar-refractivity contribution in [3.05, 3.63) is 48.0 Å². The number of halogens is 3. The van der Waals surface area contributed by atoms with Crippen LogP contribution in [0.5, 0.6) is 11.6 Å². The Labute approximate surface area is 156 Å². The standard InChI is InChI=1S/C17H13F3N4O2S/c1-26-11-6-7-12-13(8-11)22-15(25)14(12)23-24-16(27)21-10-4-2-9(3-5-10)17(18,19)20/h2-8,22,25H,1H3,(H,21,27). The molecule has 0 aliphatic heterocycles. The molecule has 1 heterocycles. The number of aromatic hydroxyl groups is 1. The van der Waals surface area contributed by atoms with Gasteiger partial charge in [0.15, 0.2) is 5.69 Å². The molecule has 6 nitrogen and oxygen atoms in total. The Bertz CT molecular complexity index is 1010. The van der Waals surface area contributed by atoms with Crippen molar-refractivity contribution in [2.75, 3.05) is 12.4 Å². The van der Waals surface area contributed by atoms with Crippen LogP contribution in [0.4, 0.5) is 24.5 Å². The van der Waals surface area contributed by atoms with E-state index in [-0.39, 0.29) is 16.7 Å². The minimum absolute atomic E-state index is 0.0722.